The Morgan fingerprint density at radius 3 is 2.94 bits per heavy atom. The van der Waals surface area contributed by atoms with E-state index in [0.29, 0.717) is 12.1 Å². The Labute approximate surface area is 99.3 Å². The molecule has 0 atom stereocenters. The summed E-state index contributed by atoms with van der Waals surface area (Å²) in [5.41, 5.74) is 0.645. The number of carbonyl (C=O) groups excluding carboxylic acids is 1. The number of nitrogens with zero attached hydrogens (tertiary/aromatic N) is 1. The van der Waals surface area contributed by atoms with E-state index in [1.165, 1.54) is 18.2 Å². The fourth-order valence-corrected chi connectivity index (χ4v) is 1.22. The molecule has 0 spiro atoms. The quantitative estimate of drug-likeness (QED) is 0.482. The Morgan fingerprint density at radius 1 is 1.53 bits per heavy atom. The van der Waals surface area contributed by atoms with Gasteiger partial charge in [-0.2, -0.15) is 0 Å². The van der Waals surface area contributed by atoms with Gasteiger partial charge in [-0.1, -0.05) is 19.1 Å². The molecule has 90 valence electrons. The first-order chi connectivity index (χ1) is 8.13. The van der Waals surface area contributed by atoms with Gasteiger partial charge in [0.1, 0.15) is 0 Å². The number of amides is 1. The Bertz CT molecular complexity index is 441. The molecule has 1 N–H and O–H groups in total. The number of benzene rings is 1. The molecule has 0 saturated carbocycles. The molecule has 0 aliphatic rings. The van der Waals surface area contributed by atoms with Crippen LogP contribution in [0.3, 0.4) is 0 Å². The van der Waals surface area contributed by atoms with E-state index in [9.17, 15) is 14.9 Å². The number of non-ortho nitro benzene ring substituents is 1. The van der Waals surface area contributed by atoms with Crippen molar-refractivity contribution in [3.05, 3.63) is 46.0 Å². The van der Waals surface area contributed by atoms with E-state index in [2.05, 4.69) is 5.32 Å². The van der Waals surface area contributed by atoms with Crippen molar-refractivity contribution in [2.45, 2.75) is 13.3 Å². The topological polar surface area (TPSA) is 72.2 Å². The van der Waals surface area contributed by atoms with Crippen molar-refractivity contribution in [3.63, 3.8) is 0 Å². The average molecular weight is 234 g/mol. The van der Waals surface area contributed by atoms with Gasteiger partial charge in [0.05, 0.1) is 4.92 Å². The summed E-state index contributed by atoms with van der Waals surface area (Å²) in [6.07, 6.45) is 3.79. The summed E-state index contributed by atoms with van der Waals surface area (Å²) in [6.45, 7) is 2.59. The molecule has 1 amide bonds. The first-order valence-corrected chi connectivity index (χ1v) is 5.34. The van der Waals surface area contributed by atoms with Gasteiger partial charge >= 0.3 is 0 Å². The zero-order valence-corrected chi connectivity index (χ0v) is 9.55. The van der Waals surface area contributed by atoms with Crippen LogP contribution in [0.2, 0.25) is 0 Å². The Morgan fingerprint density at radius 2 is 2.29 bits per heavy atom. The van der Waals surface area contributed by atoms with Crippen molar-refractivity contribution in [1.29, 1.82) is 0 Å². The SMILES string of the molecule is CCCNC(=O)/C=C/c1cccc([N+](=O)[O-])c1. The summed E-state index contributed by atoms with van der Waals surface area (Å²) >= 11 is 0. The molecule has 1 aromatic rings. The van der Waals surface area contributed by atoms with E-state index in [1.807, 2.05) is 6.92 Å². The summed E-state index contributed by atoms with van der Waals surface area (Å²) in [4.78, 5) is 21.3. The summed E-state index contributed by atoms with van der Waals surface area (Å²) in [5.74, 6) is -0.196. The molecule has 0 heterocycles. The molecule has 0 bridgehead atoms. The van der Waals surface area contributed by atoms with E-state index in [0.717, 1.165) is 6.42 Å². The second-order valence-electron chi connectivity index (χ2n) is 3.48. The number of nitrogens with one attached hydrogen (secondary N) is 1. The molecule has 0 aromatic heterocycles. The molecular formula is C12H14N2O3. The van der Waals surface area contributed by atoms with Gasteiger partial charge in [0.2, 0.25) is 5.91 Å². The van der Waals surface area contributed by atoms with Gasteiger partial charge in [-0.25, -0.2) is 0 Å². The molecule has 0 radical (unpaired) electrons. The zero-order chi connectivity index (χ0) is 12.7. The summed E-state index contributed by atoms with van der Waals surface area (Å²) in [7, 11) is 0. The lowest BCUT2D eigenvalue weighted by Crippen LogP contribution is -2.21. The van der Waals surface area contributed by atoms with Crippen molar-refractivity contribution in [2.75, 3.05) is 6.54 Å². The van der Waals surface area contributed by atoms with Crippen molar-refractivity contribution >= 4 is 17.7 Å². The zero-order valence-electron chi connectivity index (χ0n) is 9.55. The van der Waals surface area contributed by atoms with Crippen LogP contribution in [0.15, 0.2) is 30.3 Å². The van der Waals surface area contributed by atoms with Crippen molar-refractivity contribution in [2.24, 2.45) is 0 Å². The Hall–Kier alpha value is -2.17. The van der Waals surface area contributed by atoms with E-state index in [4.69, 9.17) is 0 Å². The molecular weight excluding hydrogens is 220 g/mol. The number of nitro benzene ring substituents is 1. The van der Waals surface area contributed by atoms with Gasteiger partial charge in [-0.15, -0.1) is 0 Å². The second kappa shape index (κ2) is 6.42. The second-order valence-corrected chi connectivity index (χ2v) is 3.48. The highest BCUT2D eigenvalue weighted by Gasteiger charge is 2.03. The first kappa shape index (κ1) is 12.9. The van der Waals surface area contributed by atoms with Gasteiger partial charge in [0, 0.05) is 24.8 Å². The molecule has 5 nitrogen and oxygen atoms in total. The fourth-order valence-electron chi connectivity index (χ4n) is 1.22. The summed E-state index contributed by atoms with van der Waals surface area (Å²) < 4.78 is 0. The molecule has 17 heavy (non-hydrogen) atoms. The maximum atomic E-state index is 11.3. The minimum absolute atomic E-state index is 0.0149. The first-order valence-electron chi connectivity index (χ1n) is 5.34. The lowest BCUT2D eigenvalue weighted by atomic mass is 10.2. The third-order valence-corrected chi connectivity index (χ3v) is 2.06. The highest BCUT2D eigenvalue weighted by Crippen LogP contribution is 2.13. The van der Waals surface area contributed by atoms with Crippen molar-refractivity contribution in [1.82, 2.24) is 5.32 Å². The molecule has 0 unspecified atom stereocenters. The van der Waals surface area contributed by atoms with Gasteiger partial charge in [-0.05, 0) is 18.1 Å². The smallest absolute Gasteiger partial charge is 0.270 e. The van der Waals surface area contributed by atoms with E-state index in [1.54, 1.807) is 18.2 Å². The number of hydrogen-bond donors (Lipinski definition) is 1. The highest BCUT2D eigenvalue weighted by molar-refractivity contribution is 5.91. The van der Waals surface area contributed by atoms with E-state index in [-0.39, 0.29) is 11.6 Å². The van der Waals surface area contributed by atoms with E-state index >= 15 is 0 Å². The van der Waals surface area contributed by atoms with E-state index < -0.39 is 4.92 Å². The van der Waals surface area contributed by atoms with Gasteiger partial charge < -0.3 is 5.32 Å². The van der Waals surface area contributed by atoms with Crippen LogP contribution in [0.25, 0.3) is 6.08 Å². The minimum atomic E-state index is -0.464. The van der Waals surface area contributed by atoms with Crippen LogP contribution in [0.5, 0.6) is 0 Å². The molecule has 1 aromatic carbocycles. The van der Waals surface area contributed by atoms with Crippen molar-refractivity contribution in [3.8, 4) is 0 Å². The maximum Gasteiger partial charge on any atom is 0.270 e. The lowest BCUT2D eigenvalue weighted by Gasteiger charge is -1.97. The predicted molar refractivity (Wildman–Crippen MR) is 65.4 cm³/mol. The van der Waals surface area contributed by atoms with Crippen LogP contribution in [0.1, 0.15) is 18.9 Å². The van der Waals surface area contributed by atoms with Crippen molar-refractivity contribution < 1.29 is 9.72 Å². The van der Waals surface area contributed by atoms with Crippen LogP contribution in [-0.2, 0) is 4.79 Å². The van der Waals surface area contributed by atoms with Crippen LogP contribution >= 0.6 is 0 Å². The summed E-state index contributed by atoms with van der Waals surface area (Å²) in [5, 5.41) is 13.2. The number of hydrogen-bond acceptors (Lipinski definition) is 3. The Kier molecular flexibility index (Phi) is 4.87. The van der Waals surface area contributed by atoms with Crippen LogP contribution < -0.4 is 5.32 Å². The standard InChI is InChI=1S/C12H14N2O3/c1-2-8-13-12(15)7-6-10-4-3-5-11(9-10)14(16)17/h3-7,9H,2,8H2,1H3,(H,13,15)/b7-6+. The lowest BCUT2D eigenvalue weighted by molar-refractivity contribution is -0.384. The number of rotatable bonds is 5. The third-order valence-electron chi connectivity index (χ3n) is 2.06. The fraction of sp³-hybridized carbons (Fsp3) is 0.250. The van der Waals surface area contributed by atoms with Crippen LogP contribution in [-0.4, -0.2) is 17.4 Å². The number of nitro groups is 1. The van der Waals surface area contributed by atoms with Gasteiger partial charge in [-0.3, -0.25) is 14.9 Å². The number of carbonyl (C=O) groups is 1. The molecule has 5 heteroatoms. The third kappa shape index (κ3) is 4.46. The maximum absolute atomic E-state index is 11.3. The normalized spacial score (nSPS) is 10.4. The summed E-state index contributed by atoms with van der Waals surface area (Å²) in [6, 6.07) is 6.12. The van der Waals surface area contributed by atoms with Crippen LogP contribution in [0.4, 0.5) is 5.69 Å². The monoisotopic (exact) mass is 234 g/mol. The van der Waals surface area contributed by atoms with Gasteiger partial charge in [0.25, 0.3) is 5.69 Å². The molecule has 0 fully saturated rings. The highest BCUT2D eigenvalue weighted by atomic mass is 16.6. The Balaban J connectivity index is 2.68. The van der Waals surface area contributed by atoms with Crippen LogP contribution in [0, 0.1) is 10.1 Å². The largest absolute Gasteiger partial charge is 0.353 e. The predicted octanol–water partition coefficient (Wildman–Crippen LogP) is 2.13. The molecule has 0 aliphatic carbocycles. The molecule has 0 saturated heterocycles. The average Bonchev–Trinajstić information content (AvgIpc) is 2.34. The minimum Gasteiger partial charge on any atom is -0.353 e. The molecule has 1 rings (SSSR count). The molecule has 0 aliphatic heterocycles. The van der Waals surface area contributed by atoms with Gasteiger partial charge in [0.15, 0.2) is 0 Å².